The summed E-state index contributed by atoms with van der Waals surface area (Å²) in [4.78, 5) is 36.4. The second kappa shape index (κ2) is 20.6. The number of aliphatic carboxylic acids is 2. The van der Waals surface area contributed by atoms with Crippen molar-refractivity contribution in [1.29, 1.82) is 0 Å². The van der Waals surface area contributed by atoms with Gasteiger partial charge >= 0.3 is 11.9 Å². The predicted molar refractivity (Wildman–Crippen MR) is 198 cm³/mol. The summed E-state index contributed by atoms with van der Waals surface area (Å²) in [6.45, 7) is 3.15. The van der Waals surface area contributed by atoms with Crippen LogP contribution in [0.2, 0.25) is 5.02 Å². The van der Waals surface area contributed by atoms with E-state index in [9.17, 15) is 19.5 Å². The number of benzene rings is 1. The molecule has 3 atom stereocenters. The van der Waals surface area contributed by atoms with E-state index in [0.717, 1.165) is 24.2 Å². The number of hydrogen-bond acceptors (Lipinski definition) is 5. The summed E-state index contributed by atoms with van der Waals surface area (Å²) >= 11 is 5.93. The van der Waals surface area contributed by atoms with Gasteiger partial charge in [0, 0.05) is 47.2 Å². The summed E-state index contributed by atoms with van der Waals surface area (Å²) in [5, 5.41) is 26.6. The Morgan fingerprint density at radius 1 is 0.694 bits per heavy atom. The highest BCUT2D eigenvalue weighted by Gasteiger charge is 2.40. The number of carboxylic acid groups (broad SMARTS) is 2. The molecule has 0 saturated heterocycles. The van der Waals surface area contributed by atoms with Crippen molar-refractivity contribution in [3.8, 4) is 0 Å². The lowest BCUT2D eigenvalue weighted by molar-refractivity contribution is -0.143. The van der Waals surface area contributed by atoms with Crippen molar-refractivity contribution in [2.75, 3.05) is 4.90 Å². The minimum absolute atomic E-state index is 0.153. The van der Waals surface area contributed by atoms with Gasteiger partial charge < -0.3 is 20.8 Å². The van der Waals surface area contributed by atoms with E-state index in [1.807, 2.05) is 0 Å². The van der Waals surface area contributed by atoms with Crippen molar-refractivity contribution in [1.82, 2.24) is 10.6 Å². The third kappa shape index (κ3) is 12.8. The Morgan fingerprint density at radius 3 is 1.47 bits per heavy atom. The summed E-state index contributed by atoms with van der Waals surface area (Å²) in [6, 6.07) is 7.40. The van der Waals surface area contributed by atoms with Crippen LogP contribution in [0.3, 0.4) is 0 Å². The number of hydrogen-bond donors (Lipinski definition) is 4. The Hall–Kier alpha value is -2.16. The maximum atomic E-state index is 12.7. The number of fused-ring (bicyclic) bond motifs is 1. The molecule has 1 aromatic carbocycles. The zero-order valence-electron chi connectivity index (χ0n) is 30.3. The number of amides is 1. The summed E-state index contributed by atoms with van der Waals surface area (Å²) in [5.41, 5.74) is 1.23. The topological polar surface area (TPSA) is 119 Å². The molecule has 4 saturated carbocycles. The van der Waals surface area contributed by atoms with Crippen molar-refractivity contribution in [3.63, 3.8) is 0 Å². The molecule has 1 amide bonds. The van der Waals surface area contributed by atoms with E-state index in [0.29, 0.717) is 16.3 Å². The van der Waals surface area contributed by atoms with Crippen LogP contribution in [0.15, 0.2) is 18.2 Å². The van der Waals surface area contributed by atoms with Gasteiger partial charge in [-0.25, -0.2) is 4.79 Å². The van der Waals surface area contributed by atoms with Crippen LogP contribution in [-0.4, -0.2) is 58.3 Å². The highest BCUT2D eigenvalue weighted by Crippen LogP contribution is 2.36. The molecule has 0 radical (unpaired) electrons. The molecular formula is C40H64ClN3O5. The Balaban J connectivity index is 0.000000177. The standard InChI is InChI=1S/C16H18ClNO5.2C12H23N/c1-8(5-9(2)15(20)21)14(19)18-12-4-3-11(17)6-10(12)7-13(18)16(22)23;2*1-3-7-11(8-4-1)13-12-9-5-2-6-10-12/h3-4,6,8-9,13H,5,7H2,1-2H3,(H,20,21)(H,22,23);2*11-13H,1-10H2/t8-,9-,13?;;/m1../s1. The first kappa shape index (κ1) is 39.6. The van der Waals surface area contributed by atoms with Gasteiger partial charge in [0.15, 0.2) is 0 Å². The monoisotopic (exact) mass is 701 g/mol. The Bertz CT molecular complexity index is 1110. The van der Waals surface area contributed by atoms with Crippen molar-refractivity contribution in [2.45, 2.75) is 185 Å². The van der Waals surface area contributed by atoms with E-state index in [4.69, 9.17) is 16.7 Å². The summed E-state index contributed by atoms with van der Waals surface area (Å²) in [7, 11) is 0. The number of anilines is 1. The number of rotatable bonds is 9. The molecule has 1 aliphatic heterocycles. The van der Waals surface area contributed by atoms with E-state index in [2.05, 4.69) is 10.6 Å². The third-order valence-corrected chi connectivity index (χ3v) is 11.7. The van der Waals surface area contributed by atoms with E-state index >= 15 is 0 Å². The molecule has 8 nitrogen and oxygen atoms in total. The average molecular weight is 702 g/mol. The van der Waals surface area contributed by atoms with E-state index in [1.165, 1.54) is 140 Å². The normalized spacial score (nSPS) is 23.7. The number of carbonyl (C=O) groups is 3. The number of halogens is 1. The lowest BCUT2D eigenvalue weighted by Crippen LogP contribution is -2.45. The van der Waals surface area contributed by atoms with Gasteiger partial charge in [-0.3, -0.25) is 14.5 Å². The molecule has 6 rings (SSSR count). The number of nitrogens with one attached hydrogen (secondary N) is 2. The molecule has 1 unspecified atom stereocenters. The fourth-order valence-electron chi connectivity index (χ4n) is 8.60. The van der Waals surface area contributed by atoms with Crippen LogP contribution in [-0.2, 0) is 20.8 Å². The molecule has 4 aliphatic carbocycles. The Morgan fingerprint density at radius 2 is 1.10 bits per heavy atom. The van der Waals surface area contributed by atoms with Gasteiger partial charge in [0.2, 0.25) is 5.91 Å². The van der Waals surface area contributed by atoms with E-state index in [-0.39, 0.29) is 18.7 Å². The molecule has 5 aliphatic rings. The van der Waals surface area contributed by atoms with E-state index in [1.54, 1.807) is 25.1 Å². The smallest absolute Gasteiger partial charge is 0.327 e. The molecule has 4 N–H and O–H groups in total. The molecule has 49 heavy (non-hydrogen) atoms. The zero-order chi connectivity index (χ0) is 35.2. The van der Waals surface area contributed by atoms with Crippen LogP contribution in [0.4, 0.5) is 5.69 Å². The molecule has 0 bridgehead atoms. The summed E-state index contributed by atoms with van der Waals surface area (Å²) in [6.07, 6.45) is 29.5. The SMILES string of the molecule is C1CCC(NC2CCCCC2)CC1.C1CCC(NC2CCCCC2)CC1.C[C@H](C[C@@H](C)C(=O)N1c2ccc(Cl)cc2CC1C(=O)O)C(=O)O. The molecule has 0 spiro atoms. The van der Waals surface area contributed by atoms with Crippen LogP contribution < -0.4 is 15.5 Å². The molecule has 1 heterocycles. The Labute approximate surface area is 300 Å². The fraction of sp³-hybridized carbons (Fsp3) is 0.775. The number of carbonyl (C=O) groups excluding carboxylic acids is 1. The van der Waals surface area contributed by atoms with Crippen LogP contribution in [0.25, 0.3) is 0 Å². The largest absolute Gasteiger partial charge is 0.481 e. The lowest BCUT2D eigenvalue weighted by atomic mass is 9.91. The van der Waals surface area contributed by atoms with E-state index < -0.39 is 29.8 Å². The van der Waals surface area contributed by atoms with Gasteiger partial charge in [0.1, 0.15) is 6.04 Å². The van der Waals surface area contributed by atoms with Gasteiger partial charge in [-0.1, -0.05) is 102 Å². The Kier molecular flexibility index (Phi) is 16.7. The molecule has 0 aromatic heterocycles. The van der Waals surface area contributed by atoms with Crippen molar-refractivity contribution < 1.29 is 24.6 Å². The van der Waals surface area contributed by atoms with Crippen LogP contribution in [0, 0.1) is 11.8 Å². The number of nitrogens with zero attached hydrogens (tertiary/aromatic N) is 1. The molecule has 9 heteroatoms. The van der Waals surface area contributed by atoms with Crippen molar-refractivity contribution >= 4 is 35.1 Å². The third-order valence-electron chi connectivity index (χ3n) is 11.5. The van der Waals surface area contributed by atoms with Crippen LogP contribution in [0.1, 0.15) is 154 Å². The van der Waals surface area contributed by atoms with Gasteiger partial charge in [-0.05, 0) is 81.5 Å². The first-order valence-electron chi connectivity index (χ1n) is 19.7. The first-order chi connectivity index (χ1) is 23.6. The van der Waals surface area contributed by atoms with Crippen molar-refractivity contribution in [2.24, 2.45) is 11.8 Å². The van der Waals surface area contributed by atoms with Crippen molar-refractivity contribution in [3.05, 3.63) is 28.8 Å². The lowest BCUT2D eigenvalue weighted by Gasteiger charge is -2.30. The van der Waals surface area contributed by atoms with Crippen LogP contribution in [0.5, 0.6) is 0 Å². The quantitative estimate of drug-likeness (QED) is 0.203. The maximum Gasteiger partial charge on any atom is 0.327 e. The highest BCUT2D eigenvalue weighted by molar-refractivity contribution is 6.30. The van der Waals surface area contributed by atoms with Gasteiger partial charge in [0.05, 0.1) is 5.92 Å². The van der Waals surface area contributed by atoms with Gasteiger partial charge in [-0.2, -0.15) is 0 Å². The number of carboxylic acids is 2. The predicted octanol–water partition coefficient (Wildman–Crippen LogP) is 8.91. The molecule has 1 aromatic rings. The molecule has 276 valence electrons. The minimum Gasteiger partial charge on any atom is -0.481 e. The average Bonchev–Trinajstić information content (AvgIpc) is 3.49. The van der Waals surface area contributed by atoms with Crippen LogP contribution >= 0.6 is 11.6 Å². The molecule has 4 fully saturated rings. The fourth-order valence-corrected chi connectivity index (χ4v) is 8.80. The second-order valence-corrected chi connectivity index (χ2v) is 16.0. The second-order valence-electron chi connectivity index (χ2n) is 15.6. The first-order valence-corrected chi connectivity index (χ1v) is 20.1. The highest BCUT2D eigenvalue weighted by atomic mass is 35.5. The maximum absolute atomic E-state index is 12.7. The van der Waals surface area contributed by atoms with Gasteiger partial charge in [-0.15, -0.1) is 0 Å². The zero-order valence-corrected chi connectivity index (χ0v) is 31.0. The molecular weight excluding hydrogens is 638 g/mol. The summed E-state index contributed by atoms with van der Waals surface area (Å²) < 4.78 is 0. The summed E-state index contributed by atoms with van der Waals surface area (Å²) in [5.74, 6) is -3.72. The minimum atomic E-state index is -1.09. The van der Waals surface area contributed by atoms with Gasteiger partial charge in [0.25, 0.3) is 0 Å².